The van der Waals surface area contributed by atoms with Gasteiger partial charge in [-0.2, -0.15) is 13.2 Å². The highest BCUT2D eigenvalue weighted by atomic mass is 19.4. The Morgan fingerprint density at radius 3 is 1.75 bits per heavy atom. The molecule has 2 nitrogen and oxygen atoms in total. The maximum absolute atomic E-state index is 13.2. The average Bonchev–Trinajstić information content (AvgIpc) is 2.17. The predicted octanol–water partition coefficient (Wildman–Crippen LogP) is 3.03. The van der Waals surface area contributed by atoms with Crippen LogP contribution in [0.2, 0.25) is 0 Å². The number of hydrogen-bond acceptors (Lipinski definition) is 2. The van der Waals surface area contributed by atoms with Crippen molar-refractivity contribution in [3.05, 3.63) is 11.8 Å². The summed E-state index contributed by atoms with van der Waals surface area (Å²) in [4.78, 5) is 0. The SMILES string of the molecule is CC1(C)OB(C(F)=CC(F)(F)F)OC1(C)C. The third kappa shape index (κ3) is 2.76. The number of rotatable bonds is 1. The minimum atomic E-state index is -4.71. The first-order valence-electron chi connectivity index (χ1n) is 4.75. The first-order chi connectivity index (χ1) is 6.95. The zero-order valence-corrected chi connectivity index (χ0v) is 9.48. The van der Waals surface area contributed by atoms with Gasteiger partial charge in [-0.1, -0.05) is 0 Å². The Bertz CT molecular complexity index is 293. The maximum atomic E-state index is 13.2. The van der Waals surface area contributed by atoms with Crippen LogP contribution in [0.1, 0.15) is 27.7 Å². The molecular formula is C9H13BF4O2. The van der Waals surface area contributed by atoms with Crippen molar-refractivity contribution in [1.82, 2.24) is 0 Å². The fourth-order valence-electron chi connectivity index (χ4n) is 1.18. The van der Waals surface area contributed by atoms with Gasteiger partial charge in [0.1, 0.15) is 5.73 Å². The van der Waals surface area contributed by atoms with Crippen molar-refractivity contribution in [3.63, 3.8) is 0 Å². The molecule has 0 atom stereocenters. The van der Waals surface area contributed by atoms with Gasteiger partial charge in [-0.3, -0.25) is 0 Å². The second-order valence-electron chi connectivity index (χ2n) is 4.66. The summed E-state index contributed by atoms with van der Waals surface area (Å²) >= 11 is 0. The molecule has 92 valence electrons. The Balaban J connectivity index is 2.85. The van der Waals surface area contributed by atoms with Gasteiger partial charge in [-0.05, 0) is 27.7 Å². The minimum absolute atomic E-state index is 0.449. The van der Waals surface area contributed by atoms with Gasteiger partial charge in [0.25, 0.3) is 0 Å². The van der Waals surface area contributed by atoms with E-state index in [2.05, 4.69) is 0 Å². The van der Waals surface area contributed by atoms with Gasteiger partial charge >= 0.3 is 13.3 Å². The van der Waals surface area contributed by atoms with Crippen LogP contribution in [-0.2, 0) is 9.31 Å². The quantitative estimate of drug-likeness (QED) is 0.518. The Hall–Kier alpha value is -0.555. The van der Waals surface area contributed by atoms with Gasteiger partial charge in [0, 0.05) is 6.08 Å². The van der Waals surface area contributed by atoms with E-state index in [0.29, 0.717) is 0 Å². The Kier molecular flexibility index (Phi) is 3.15. The van der Waals surface area contributed by atoms with E-state index in [1.54, 1.807) is 27.7 Å². The molecule has 0 aliphatic carbocycles. The van der Waals surface area contributed by atoms with Crippen molar-refractivity contribution in [2.45, 2.75) is 45.1 Å². The van der Waals surface area contributed by atoms with Crippen LogP contribution in [0.25, 0.3) is 0 Å². The van der Waals surface area contributed by atoms with E-state index in [0.717, 1.165) is 0 Å². The topological polar surface area (TPSA) is 18.5 Å². The van der Waals surface area contributed by atoms with Crippen LogP contribution in [0.15, 0.2) is 11.8 Å². The molecule has 1 fully saturated rings. The van der Waals surface area contributed by atoms with Crippen LogP contribution in [-0.4, -0.2) is 24.5 Å². The summed E-state index contributed by atoms with van der Waals surface area (Å²) in [6, 6.07) is 0. The zero-order valence-electron chi connectivity index (χ0n) is 9.48. The molecule has 7 heteroatoms. The zero-order chi connectivity index (χ0) is 12.8. The molecule has 0 bridgehead atoms. The van der Waals surface area contributed by atoms with E-state index in [9.17, 15) is 17.6 Å². The molecule has 0 N–H and O–H groups in total. The van der Waals surface area contributed by atoms with Crippen molar-refractivity contribution in [2.75, 3.05) is 0 Å². The number of hydrogen-bond donors (Lipinski definition) is 0. The molecule has 0 aromatic rings. The molecule has 0 radical (unpaired) electrons. The Morgan fingerprint density at radius 2 is 1.44 bits per heavy atom. The smallest absolute Gasteiger partial charge is 0.398 e. The normalized spacial score (nSPS) is 25.0. The lowest BCUT2D eigenvalue weighted by molar-refractivity contribution is -0.0811. The molecular weight excluding hydrogens is 227 g/mol. The van der Waals surface area contributed by atoms with Crippen LogP contribution < -0.4 is 0 Å². The molecule has 0 aromatic heterocycles. The summed E-state index contributed by atoms with van der Waals surface area (Å²) in [5.41, 5.74) is -3.17. The molecule has 1 saturated heterocycles. The van der Waals surface area contributed by atoms with E-state index in [4.69, 9.17) is 9.31 Å². The molecule has 16 heavy (non-hydrogen) atoms. The molecule has 0 unspecified atom stereocenters. The van der Waals surface area contributed by atoms with Crippen LogP contribution in [0.5, 0.6) is 0 Å². The fraction of sp³-hybridized carbons (Fsp3) is 0.778. The molecule has 0 aromatic carbocycles. The monoisotopic (exact) mass is 240 g/mol. The summed E-state index contributed by atoms with van der Waals surface area (Å²) < 4.78 is 59.1. The van der Waals surface area contributed by atoms with Crippen molar-refractivity contribution in [3.8, 4) is 0 Å². The van der Waals surface area contributed by atoms with Gasteiger partial charge in [0.2, 0.25) is 0 Å². The highest BCUT2D eigenvalue weighted by Gasteiger charge is 2.53. The summed E-state index contributed by atoms with van der Waals surface area (Å²) in [5.74, 6) is 0. The molecule has 0 spiro atoms. The number of halogens is 4. The Morgan fingerprint density at radius 1 is 1.06 bits per heavy atom. The van der Waals surface area contributed by atoms with Crippen molar-refractivity contribution < 1.29 is 26.9 Å². The van der Waals surface area contributed by atoms with Crippen molar-refractivity contribution in [2.24, 2.45) is 0 Å². The lowest BCUT2D eigenvalue weighted by Crippen LogP contribution is -2.41. The van der Waals surface area contributed by atoms with Crippen LogP contribution >= 0.6 is 0 Å². The summed E-state index contributed by atoms with van der Waals surface area (Å²) in [5, 5.41) is 0. The van der Waals surface area contributed by atoms with Crippen LogP contribution in [0.3, 0.4) is 0 Å². The highest BCUT2D eigenvalue weighted by Crippen LogP contribution is 2.39. The lowest BCUT2D eigenvalue weighted by Gasteiger charge is -2.32. The lowest BCUT2D eigenvalue weighted by atomic mass is 9.88. The third-order valence-corrected chi connectivity index (χ3v) is 2.78. The summed E-state index contributed by atoms with van der Waals surface area (Å²) in [6.07, 6.45) is -5.16. The van der Waals surface area contributed by atoms with Crippen molar-refractivity contribution in [1.29, 1.82) is 0 Å². The second kappa shape index (κ2) is 3.73. The molecule has 0 amide bonds. The molecule has 1 rings (SSSR count). The molecule has 0 saturated carbocycles. The van der Waals surface area contributed by atoms with E-state index in [1.807, 2.05) is 0 Å². The first kappa shape index (κ1) is 13.5. The van der Waals surface area contributed by atoms with E-state index < -0.39 is 36.3 Å². The molecule has 1 heterocycles. The Labute approximate surface area is 91.7 Å². The van der Waals surface area contributed by atoms with E-state index in [-0.39, 0.29) is 0 Å². The standard InChI is InChI=1S/C9H13BF4O2/c1-7(2)8(3,4)16-10(15-7)6(11)5-9(12,13)14/h5H,1-4H3. The third-order valence-electron chi connectivity index (χ3n) is 2.78. The van der Waals surface area contributed by atoms with Gasteiger partial charge in [-0.15, -0.1) is 0 Å². The fourth-order valence-corrected chi connectivity index (χ4v) is 1.18. The first-order valence-corrected chi connectivity index (χ1v) is 4.75. The largest absolute Gasteiger partial charge is 0.525 e. The predicted molar refractivity (Wildman–Crippen MR) is 51.3 cm³/mol. The van der Waals surface area contributed by atoms with Gasteiger partial charge < -0.3 is 9.31 Å². The summed E-state index contributed by atoms with van der Waals surface area (Å²) in [7, 11) is -1.59. The molecule has 1 aliphatic rings. The van der Waals surface area contributed by atoms with E-state index in [1.165, 1.54) is 0 Å². The average molecular weight is 240 g/mol. The highest BCUT2D eigenvalue weighted by molar-refractivity contribution is 6.53. The van der Waals surface area contributed by atoms with Crippen LogP contribution in [0.4, 0.5) is 17.6 Å². The second-order valence-corrected chi connectivity index (χ2v) is 4.66. The maximum Gasteiger partial charge on any atom is 0.525 e. The van der Waals surface area contributed by atoms with Gasteiger partial charge in [-0.25, -0.2) is 4.39 Å². The van der Waals surface area contributed by atoms with Crippen molar-refractivity contribution >= 4 is 7.12 Å². The molecule has 1 aliphatic heterocycles. The number of allylic oxidation sites excluding steroid dienone is 1. The van der Waals surface area contributed by atoms with Gasteiger partial charge in [0.15, 0.2) is 0 Å². The number of alkyl halides is 3. The minimum Gasteiger partial charge on any atom is -0.398 e. The van der Waals surface area contributed by atoms with E-state index >= 15 is 0 Å². The van der Waals surface area contributed by atoms with Crippen LogP contribution in [0, 0.1) is 0 Å². The van der Waals surface area contributed by atoms with Gasteiger partial charge in [0.05, 0.1) is 11.2 Å². The summed E-state index contributed by atoms with van der Waals surface area (Å²) in [6.45, 7) is 6.53.